The zero-order chi connectivity index (χ0) is 25.2. The Morgan fingerprint density at radius 2 is 1.57 bits per heavy atom. The molecule has 2 aromatic carbocycles. The van der Waals surface area contributed by atoms with Crippen molar-refractivity contribution in [1.82, 2.24) is 10.2 Å². The fraction of sp³-hybridized carbons (Fsp3) is 0.286. The predicted molar refractivity (Wildman–Crippen MR) is 130 cm³/mol. The Hall–Kier alpha value is -4.00. The molecule has 7 heteroatoms. The number of nitrogens with zero attached hydrogens (tertiary/aromatic N) is 1. The van der Waals surface area contributed by atoms with Gasteiger partial charge in [-0.2, -0.15) is 0 Å². The molecule has 35 heavy (non-hydrogen) atoms. The van der Waals surface area contributed by atoms with Crippen LogP contribution in [-0.4, -0.2) is 48.3 Å². The number of ether oxygens (including phenoxy) is 1. The number of carbonyl (C=O) groups is 4. The predicted octanol–water partition coefficient (Wildman–Crippen LogP) is 3.49. The van der Waals surface area contributed by atoms with Crippen molar-refractivity contribution in [2.45, 2.75) is 25.8 Å². The van der Waals surface area contributed by atoms with Crippen molar-refractivity contribution >= 4 is 23.7 Å². The van der Waals surface area contributed by atoms with E-state index in [0.29, 0.717) is 11.1 Å². The van der Waals surface area contributed by atoms with Crippen LogP contribution in [-0.2, 0) is 14.3 Å². The number of amides is 3. The van der Waals surface area contributed by atoms with Gasteiger partial charge >= 0.3 is 5.97 Å². The van der Waals surface area contributed by atoms with E-state index in [9.17, 15) is 19.2 Å². The summed E-state index contributed by atoms with van der Waals surface area (Å²) in [5.41, 5.74) is 0.132. The summed E-state index contributed by atoms with van der Waals surface area (Å²) >= 11 is 0. The molecular weight excluding hydrogens is 444 g/mol. The molecule has 0 fully saturated rings. The molecule has 0 aromatic heterocycles. The first-order valence-electron chi connectivity index (χ1n) is 11.5. The first-order valence-corrected chi connectivity index (χ1v) is 11.5. The van der Waals surface area contributed by atoms with Gasteiger partial charge in [-0.25, -0.2) is 4.79 Å². The number of carbonyl (C=O) groups excluding carboxylic acids is 4. The first kappa shape index (κ1) is 24.1. The maximum absolute atomic E-state index is 14.1. The lowest BCUT2D eigenvalue weighted by Gasteiger charge is -2.40. The van der Waals surface area contributed by atoms with Gasteiger partial charge in [-0.05, 0) is 23.6 Å². The van der Waals surface area contributed by atoms with Crippen LogP contribution in [0.2, 0.25) is 0 Å². The van der Waals surface area contributed by atoms with Gasteiger partial charge in [-0.1, -0.05) is 80.6 Å². The van der Waals surface area contributed by atoms with E-state index in [2.05, 4.69) is 5.32 Å². The molecule has 180 valence electrons. The molecule has 3 unspecified atom stereocenters. The minimum atomic E-state index is -1.34. The van der Waals surface area contributed by atoms with E-state index in [4.69, 9.17) is 4.74 Å². The van der Waals surface area contributed by atoms with Crippen molar-refractivity contribution in [3.63, 3.8) is 0 Å². The quantitative estimate of drug-likeness (QED) is 0.492. The number of benzene rings is 2. The Bertz CT molecular complexity index is 1180. The van der Waals surface area contributed by atoms with E-state index in [1.807, 2.05) is 56.3 Å². The number of allylic oxidation sites excluding steroid dienone is 3. The van der Waals surface area contributed by atoms with Crippen LogP contribution < -0.4 is 5.32 Å². The minimum absolute atomic E-state index is 0.183. The largest absolute Gasteiger partial charge is 0.467 e. The van der Waals surface area contributed by atoms with Gasteiger partial charge in [0.1, 0.15) is 6.04 Å². The van der Waals surface area contributed by atoms with Gasteiger partial charge < -0.3 is 10.1 Å². The summed E-state index contributed by atoms with van der Waals surface area (Å²) in [6.45, 7) is 3.44. The van der Waals surface area contributed by atoms with Gasteiger partial charge in [0.15, 0.2) is 0 Å². The Balaban J connectivity index is 1.78. The van der Waals surface area contributed by atoms with Gasteiger partial charge in [0, 0.05) is 12.5 Å². The molecule has 1 aliphatic carbocycles. The van der Waals surface area contributed by atoms with Gasteiger partial charge in [0.05, 0.1) is 23.7 Å². The van der Waals surface area contributed by atoms with Gasteiger partial charge in [-0.3, -0.25) is 19.3 Å². The van der Waals surface area contributed by atoms with Crippen LogP contribution in [0.4, 0.5) is 0 Å². The molecule has 2 aliphatic rings. The third kappa shape index (κ3) is 4.30. The maximum Gasteiger partial charge on any atom is 0.328 e. The molecule has 1 aliphatic heterocycles. The normalized spacial score (nSPS) is 21.7. The monoisotopic (exact) mass is 472 g/mol. The molecule has 0 saturated carbocycles. The molecule has 3 atom stereocenters. The Morgan fingerprint density at radius 1 is 0.971 bits per heavy atom. The summed E-state index contributed by atoms with van der Waals surface area (Å²) in [6, 6.07) is 15.2. The van der Waals surface area contributed by atoms with Crippen LogP contribution in [0.15, 0.2) is 78.9 Å². The van der Waals surface area contributed by atoms with E-state index in [1.54, 1.807) is 36.4 Å². The summed E-state index contributed by atoms with van der Waals surface area (Å²) in [4.78, 5) is 54.1. The molecule has 2 aromatic rings. The lowest BCUT2D eigenvalue weighted by molar-refractivity contribution is -0.147. The summed E-state index contributed by atoms with van der Waals surface area (Å²) in [5.74, 6) is -2.63. The smallest absolute Gasteiger partial charge is 0.328 e. The van der Waals surface area contributed by atoms with E-state index >= 15 is 0 Å². The number of imide groups is 1. The van der Waals surface area contributed by atoms with E-state index in [1.165, 1.54) is 7.11 Å². The Labute approximate surface area is 204 Å². The number of nitrogens with one attached hydrogen (secondary N) is 1. The molecule has 0 bridgehead atoms. The lowest BCUT2D eigenvalue weighted by Crippen LogP contribution is -2.56. The number of methoxy groups -OCH3 is 1. The van der Waals surface area contributed by atoms with E-state index in [0.717, 1.165) is 10.5 Å². The highest BCUT2D eigenvalue weighted by molar-refractivity contribution is 6.21. The SMILES string of the molecule is COC(=O)C(NC(=O)C1(CN2C(=O)c3ccccc3C2=O)C=CC=CC1c1ccccc1)C(C)C. The summed E-state index contributed by atoms with van der Waals surface area (Å²) in [5, 5.41) is 2.85. The number of hydrogen-bond acceptors (Lipinski definition) is 5. The summed E-state index contributed by atoms with van der Waals surface area (Å²) in [6.07, 6.45) is 7.18. The topological polar surface area (TPSA) is 92.8 Å². The summed E-state index contributed by atoms with van der Waals surface area (Å²) in [7, 11) is 1.27. The number of hydrogen-bond donors (Lipinski definition) is 1. The van der Waals surface area contributed by atoms with Crippen molar-refractivity contribution in [3.8, 4) is 0 Å². The lowest BCUT2D eigenvalue weighted by atomic mass is 9.68. The molecule has 4 rings (SSSR count). The molecule has 0 radical (unpaired) electrons. The first-order chi connectivity index (χ1) is 16.8. The van der Waals surface area contributed by atoms with Gasteiger partial charge in [-0.15, -0.1) is 0 Å². The van der Waals surface area contributed by atoms with Gasteiger partial charge in [0.25, 0.3) is 11.8 Å². The standard InChI is InChI=1S/C28H28N2O5/c1-18(2)23(26(33)35-3)29-27(34)28(16-10-9-15-22(28)19-11-5-4-6-12-19)17-30-24(31)20-13-7-8-14-21(20)25(30)32/h4-16,18,22-23H,17H2,1-3H3,(H,29,34). The van der Waals surface area contributed by atoms with Crippen LogP contribution in [0.3, 0.4) is 0 Å². The average Bonchev–Trinajstić information content (AvgIpc) is 3.12. The van der Waals surface area contributed by atoms with Crippen LogP contribution >= 0.6 is 0 Å². The van der Waals surface area contributed by atoms with Crippen LogP contribution in [0.25, 0.3) is 0 Å². The highest BCUT2D eigenvalue weighted by atomic mass is 16.5. The Kier molecular flexibility index (Phi) is 6.69. The van der Waals surface area contributed by atoms with Crippen molar-refractivity contribution in [2.75, 3.05) is 13.7 Å². The molecule has 7 nitrogen and oxygen atoms in total. The molecule has 0 saturated heterocycles. The van der Waals surface area contributed by atoms with Crippen LogP contribution in [0, 0.1) is 11.3 Å². The maximum atomic E-state index is 14.1. The molecule has 3 amide bonds. The van der Waals surface area contributed by atoms with Crippen molar-refractivity contribution in [2.24, 2.45) is 11.3 Å². The minimum Gasteiger partial charge on any atom is -0.467 e. The molecular formula is C28H28N2O5. The number of rotatable bonds is 7. The number of esters is 1. The van der Waals surface area contributed by atoms with E-state index in [-0.39, 0.29) is 12.5 Å². The fourth-order valence-electron chi connectivity index (χ4n) is 4.73. The zero-order valence-electron chi connectivity index (χ0n) is 19.9. The third-order valence-electron chi connectivity index (χ3n) is 6.65. The highest BCUT2D eigenvalue weighted by Gasteiger charge is 2.50. The van der Waals surface area contributed by atoms with Crippen molar-refractivity contribution in [3.05, 3.63) is 95.6 Å². The van der Waals surface area contributed by atoms with Gasteiger partial charge in [0.2, 0.25) is 5.91 Å². The van der Waals surface area contributed by atoms with Crippen molar-refractivity contribution in [1.29, 1.82) is 0 Å². The van der Waals surface area contributed by atoms with Crippen LogP contribution in [0.1, 0.15) is 46.0 Å². The third-order valence-corrected chi connectivity index (χ3v) is 6.65. The van der Waals surface area contributed by atoms with E-state index < -0.39 is 41.1 Å². The molecule has 1 N–H and O–H groups in total. The number of fused-ring (bicyclic) bond motifs is 1. The zero-order valence-corrected chi connectivity index (χ0v) is 19.9. The molecule has 0 spiro atoms. The molecule has 1 heterocycles. The van der Waals surface area contributed by atoms with Crippen molar-refractivity contribution < 1.29 is 23.9 Å². The Morgan fingerprint density at radius 3 is 2.14 bits per heavy atom. The second-order valence-electron chi connectivity index (χ2n) is 9.13. The second kappa shape index (κ2) is 9.70. The highest BCUT2D eigenvalue weighted by Crippen LogP contribution is 2.43. The summed E-state index contributed by atoms with van der Waals surface area (Å²) < 4.78 is 4.91. The fourth-order valence-corrected chi connectivity index (χ4v) is 4.73. The second-order valence-corrected chi connectivity index (χ2v) is 9.13. The van der Waals surface area contributed by atoms with Crippen LogP contribution in [0.5, 0.6) is 0 Å². The average molecular weight is 473 g/mol.